The van der Waals surface area contributed by atoms with Gasteiger partial charge < -0.3 is 8.85 Å². The highest BCUT2D eigenvalue weighted by Crippen LogP contribution is 2.42. The van der Waals surface area contributed by atoms with Gasteiger partial charge in [0, 0.05) is 45.4 Å². The number of hydrogen-bond donors (Lipinski definition) is 0. The van der Waals surface area contributed by atoms with E-state index >= 15 is 0 Å². The third kappa shape index (κ3) is 8.61. The molecule has 0 fully saturated rings. The van der Waals surface area contributed by atoms with Crippen molar-refractivity contribution in [3.8, 4) is 11.5 Å². The Labute approximate surface area is 300 Å². The molecular weight excluding hydrogens is 655 g/mol. The van der Waals surface area contributed by atoms with Crippen LogP contribution in [0.1, 0.15) is 69.6 Å². The first-order valence-corrected chi connectivity index (χ1v) is 23.3. The fraction of sp³-hybridized carbons (Fsp3) is 0.415. The van der Waals surface area contributed by atoms with E-state index in [1.807, 2.05) is 36.4 Å². The first-order valence-electron chi connectivity index (χ1n) is 17.5. The quantitative estimate of drug-likeness (QED) is 0.0905. The van der Waals surface area contributed by atoms with Crippen LogP contribution in [0.2, 0.25) is 36.3 Å². The van der Waals surface area contributed by atoms with E-state index in [-0.39, 0.29) is 20.7 Å². The lowest BCUT2D eigenvalue weighted by Crippen LogP contribution is -2.44. The molecule has 0 aliphatic heterocycles. The lowest BCUT2D eigenvalue weighted by atomic mass is 10.0. The number of nitro benzene ring substituents is 1. The van der Waals surface area contributed by atoms with Crippen LogP contribution in [0.3, 0.4) is 0 Å². The van der Waals surface area contributed by atoms with E-state index in [0.717, 1.165) is 74.2 Å². The molecule has 5 aromatic rings. The van der Waals surface area contributed by atoms with Crippen molar-refractivity contribution in [2.45, 2.75) is 111 Å². The van der Waals surface area contributed by atoms with Crippen LogP contribution < -0.4 is 8.85 Å². The molecule has 0 saturated heterocycles. The van der Waals surface area contributed by atoms with Gasteiger partial charge >= 0.3 is 0 Å². The van der Waals surface area contributed by atoms with Gasteiger partial charge in [0.05, 0.1) is 16.0 Å². The van der Waals surface area contributed by atoms with Crippen LogP contribution in [0.25, 0.3) is 21.8 Å². The molecule has 0 amide bonds. The van der Waals surface area contributed by atoms with Gasteiger partial charge in [-0.1, -0.05) is 77.9 Å². The standard InChI is InChI=1S/C24H30N2O3Si.C17H25NOSi/c1-17-21(16-13-18-11-14-19(15-12-18)26(27)28)25-22-10-8-7-9-20(22)23(17)29-30(5,6)24(2,3)4;1-12-13(2)18-15-11-9-8-10-14(15)16(12)19-20(6,7)17(3,4)5/h7-12,14-15H,13,16H2,1-6H3;8-11H,1-7H3. The average molecular weight is 710 g/mol. The minimum Gasteiger partial charge on any atom is -0.543 e. The Morgan fingerprint density at radius 2 is 1.08 bits per heavy atom. The second-order valence-corrected chi connectivity index (χ2v) is 25.8. The van der Waals surface area contributed by atoms with Crippen molar-refractivity contribution in [1.29, 1.82) is 0 Å². The molecule has 0 spiro atoms. The zero-order valence-electron chi connectivity index (χ0n) is 32.3. The third-order valence-corrected chi connectivity index (χ3v) is 19.3. The monoisotopic (exact) mass is 709 g/mol. The molecule has 50 heavy (non-hydrogen) atoms. The second-order valence-electron chi connectivity index (χ2n) is 16.3. The van der Waals surface area contributed by atoms with Crippen LogP contribution in [0, 0.1) is 30.9 Å². The van der Waals surface area contributed by atoms with Crippen LogP contribution in [0.15, 0.2) is 72.8 Å². The Balaban J connectivity index is 0.000000244. The average Bonchev–Trinajstić information content (AvgIpc) is 3.03. The summed E-state index contributed by atoms with van der Waals surface area (Å²) in [6.45, 7) is 28.9. The Hall–Kier alpha value is -4.09. The molecule has 0 bridgehead atoms. The van der Waals surface area contributed by atoms with Gasteiger partial charge in [0.2, 0.25) is 0 Å². The van der Waals surface area contributed by atoms with Gasteiger partial charge in [0.25, 0.3) is 22.3 Å². The van der Waals surface area contributed by atoms with E-state index in [9.17, 15) is 10.1 Å². The molecule has 5 rings (SSSR count). The van der Waals surface area contributed by atoms with Crippen LogP contribution in [-0.4, -0.2) is 31.5 Å². The predicted molar refractivity (Wildman–Crippen MR) is 214 cm³/mol. The molecule has 266 valence electrons. The lowest BCUT2D eigenvalue weighted by Gasteiger charge is -2.37. The summed E-state index contributed by atoms with van der Waals surface area (Å²) >= 11 is 0. The highest BCUT2D eigenvalue weighted by molar-refractivity contribution is 6.75. The number of rotatable bonds is 8. The second kappa shape index (κ2) is 14.6. The predicted octanol–water partition coefficient (Wildman–Crippen LogP) is 11.9. The van der Waals surface area contributed by atoms with E-state index in [0.29, 0.717) is 0 Å². The van der Waals surface area contributed by atoms with Gasteiger partial charge in [-0.3, -0.25) is 20.1 Å². The zero-order valence-corrected chi connectivity index (χ0v) is 34.3. The van der Waals surface area contributed by atoms with Crippen molar-refractivity contribution in [2.75, 3.05) is 0 Å². The zero-order chi connectivity index (χ0) is 37.2. The lowest BCUT2D eigenvalue weighted by molar-refractivity contribution is -0.384. The Morgan fingerprint density at radius 3 is 1.54 bits per heavy atom. The van der Waals surface area contributed by atoms with E-state index in [4.69, 9.17) is 13.8 Å². The Kier molecular flexibility index (Phi) is 11.3. The number of aryl methyl sites for hydroxylation is 3. The van der Waals surface area contributed by atoms with Crippen molar-refractivity contribution >= 4 is 44.1 Å². The van der Waals surface area contributed by atoms with Crippen molar-refractivity contribution < 1.29 is 13.8 Å². The summed E-state index contributed by atoms with van der Waals surface area (Å²) < 4.78 is 13.4. The largest absolute Gasteiger partial charge is 0.543 e. The highest BCUT2D eigenvalue weighted by atomic mass is 28.4. The fourth-order valence-electron chi connectivity index (χ4n) is 5.09. The minimum absolute atomic E-state index is 0.0999. The maximum absolute atomic E-state index is 10.9. The molecule has 0 aliphatic carbocycles. The minimum atomic E-state index is -2.01. The number of pyridine rings is 2. The van der Waals surface area contributed by atoms with Gasteiger partial charge in [-0.2, -0.15) is 0 Å². The molecule has 0 atom stereocenters. The normalized spacial score (nSPS) is 12.4. The van der Waals surface area contributed by atoms with Crippen LogP contribution in [-0.2, 0) is 12.8 Å². The molecule has 0 radical (unpaired) electrons. The van der Waals surface area contributed by atoms with Gasteiger partial charge in [0.1, 0.15) is 11.5 Å². The SMILES string of the molecule is Cc1c(CCc2ccc([N+](=O)[O-])cc2)nc2ccccc2c1O[Si](C)(C)C(C)(C)C.Cc1nc2ccccc2c(O[Si](C)(C)C(C)(C)C)c1C. The number of para-hydroxylation sites is 2. The first-order chi connectivity index (χ1) is 23.1. The van der Waals surface area contributed by atoms with Gasteiger partial charge in [-0.05, 0) is 99.7 Å². The van der Waals surface area contributed by atoms with Crippen molar-refractivity contribution in [2.24, 2.45) is 0 Å². The van der Waals surface area contributed by atoms with E-state index in [1.165, 1.54) is 0 Å². The van der Waals surface area contributed by atoms with E-state index in [1.54, 1.807) is 12.1 Å². The van der Waals surface area contributed by atoms with Crippen molar-refractivity contribution in [1.82, 2.24) is 9.97 Å². The van der Waals surface area contributed by atoms with Crippen molar-refractivity contribution in [3.05, 3.63) is 111 Å². The molecule has 2 heterocycles. The summed E-state index contributed by atoms with van der Waals surface area (Å²) in [6, 6.07) is 23.1. The van der Waals surface area contributed by atoms with Crippen LogP contribution in [0.5, 0.6) is 11.5 Å². The summed E-state index contributed by atoms with van der Waals surface area (Å²) in [5.41, 5.74) is 7.44. The number of fused-ring (bicyclic) bond motifs is 2. The van der Waals surface area contributed by atoms with E-state index in [2.05, 4.69) is 118 Å². The molecule has 7 nitrogen and oxygen atoms in total. The molecule has 3 aromatic carbocycles. The number of nitro groups is 1. The Morgan fingerprint density at radius 1 is 0.640 bits per heavy atom. The molecule has 9 heteroatoms. The molecule has 2 aromatic heterocycles. The number of hydrogen-bond acceptors (Lipinski definition) is 6. The summed E-state index contributed by atoms with van der Waals surface area (Å²) in [6.07, 6.45) is 1.52. The molecule has 0 saturated carbocycles. The van der Waals surface area contributed by atoms with Gasteiger partial charge in [0.15, 0.2) is 0 Å². The van der Waals surface area contributed by atoms with Gasteiger partial charge in [-0.25, -0.2) is 0 Å². The fourth-order valence-corrected chi connectivity index (χ4v) is 7.25. The topological polar surface area (TPSA) is 87.4 Å². The molecule has 0 N–H and O–H groups in total. The number of non-ortho nitro benzene ring substituents is 1. The maximum Gasteiger partial charge on any atom is 0.269 e. The molecular formula is C41H55N3O4Si2. The summed E-state index contributed by atoms with van der Waals surface area (Å²) in [5.74, 6) is 1.98. The third-order valence-electron chi connectivity index (χ3n) is 10.6. The number of aromatic nitrogens is 2. The van der Waals surface area contributed by atoms with Crippen molar-refractivity contribution in [3.63, 3.8) is 0 Å². The molecule has 0 unspecified atom stereocenters. The highest BCUT2D eigenvalue weighted by Gasteiger charge is 2.40. The number of nitrogens with zero attached hydrogens (tertiary/aromatic N) is 3. The summed E-state index contributed by atoms with van der Waals surface area (Å²) in [5, 5.41) is 13.3. The van der Waals surface area contributed by atoms with Crippen LogP contribution >= 0.6 is 0 Å². The summed E-state index contributed by atoms with van der Waals surface area (Å²) in [7, 11) is -3.86. The summed E-state index contributed by atoms with van der Waals surface area (Å²) in [4.78, 5) is 20.1. The maximum atomic E-state index is 10.9. The molecule has 0 aliphatic rings. The van der Waals surface area contributed by atoms with E-state index < -0.39 is 16.6 Å². The first kappa shape index (κ1) is 38.7. The number of benzene rings is 3. The Bertz CT molecular complexity index is 1990. The van der Waals surface area contributed by atoms with Gasteiger partial charge in [-0.15, -0.1) is 0 Å². The smallest absolute Gasteiger partial charge is 0.269 e. The van der Waals surface area contributed by atoms with Crippen LogP contribution in [0.4, 0.5) is 5.69 Å².